The number of aromatic amines is 1. The van der Waals surface area contributed by atoms with Crippen LogP contribution in [0.15, 0.2) is 18.2 Å². The Labute approximate surface area is 113 Å². The van der Waals surface area contributed by atoms with Crippen LogP contribution in [-0.2, 0) is 6.42 Å². The number of rotatable bonds is 5. The van der Waals surface area contributed by atoms with Crippen LogP contribution >= 0.6 is 0 Å². The minimum atomic E-state index is -0.301. The van der Waals surface area contributed by atoms with Crippen molar-refractivity contribution >= 4 is 11.0 Å². The Balaban J connectivity index is 1.90. The van der Waals surface area contributed by atoms with Crippen LogP contribution in [0.4, 0.5) is 0 Å². The number of nitriles is 1. The van der Waals surface area contributed by atoms with Crippen molar-refractivity contribution in [3.8, 4) is 6.07 Å². The largest absolute Gasteiger partial charge is 0.342 e. The van der Waals surface area contributed by atoms with Crippen molar-refractivity contribution in [3.63, 3.8) is 0 Å². The molecule has 0 aliphatic carbocycles. The second-order valence-corrected chi connectivity index (χ2v) is 5.60. The number of aryl methyl sites for hydroxylation is 1. The van der Waals surface area contributed by atoms with E-state index in [4.69, 9.17) is 5.26 Å². The van der Waals surface area contributed by atoms with Gasteiger partial charge in [-0.1, -0.05) is 6.07 Å². The highest BCUT2D eigenvalue weighted by molar-refractivity contribution is 5.75. The summed E-state index contributed by atoms with van der Waals surface area (Å²) in [6.45, 7) is 7.45. The van der Waals surface area contributed by atoms with Crippen molar-refractivity contribution < 1.29 is 0 Å². The van der Waals surface area contributed by atoms with Crippen molar-refractivity contribution in [2.45, 2.75) is 27.2 Å². The molecular weight excluding hydrogens is 236 g/mol. The third kappa shape index (κ3) is 3.55. The van der Waals surface area contributed by atoms with Gasteiger partial charge >= 0.3 is 0 Å². The molecular formula is C15H20N4. The zero-order chi connectivity index (χ0) is 13.9. The van der Waals surface area contributed by atoms with E-state index in [1.807, 2.05) is 26.8 Å². The third-order valence-corrected chi connectivity index (χ3v) is 3.12. The Morgan fingerprint density at radius 3 is 2.95 bits per heavy atom. The molecule has 19 heavy (non-hydrogen) atoms. The Morgan fingerprint density at radius 1 is 1.42 bits per heavy atom. The fourth-order valence-electron chi connectivity index (χ4n) is 2.01. The Morgan fingerprint density at radius 2 is 2.21 bits per heavy atom. The van der Waals surface area contributed by atoms with E-state index in [1.54, 1.807) is 0 Å². The maximum atomic E-state index is 8.93. The van der Waals surface area contributed by atoms with Gasteiger partial charge in [-0.25, -0.2) is 4.98 Å². The number of fused-ring (bicyclic) bond motifs is 1. The molecule has 0 bridgehead atoms. The van der Waals surface area contributed by atoms with E-state index in [0.29, 0.717) is 0 Å². The van der Waals surface area contributed by atoms with Crippen LogP contribution < -0.4 is 5.32 Å². The number of aromatic nitrogens is 2. The van der Waals surface area contributed by atoms with E-state index >= 15 is 0 Å². The van der Waals surface area contributed by atoms with Gasteiger partial charge in [-0.15, -0.1) is 0 Å². The summed E-state index contributed by atoms with van der Waals surface area (Å²) in [6, 6.07) is 8.60. The van der Waals surface area contributed by atoms with Crippen LogP contribution in [0.2, 0.25) is 0 Å². The summed E-state index contributed by atoms with van der Waals surface area (Å²) in [5.74, 6) is 0.945. The van der Waals surface area contributed by atoms with Gasteiger partial charge in [0, 0.05) is 6.54 Å². The van der Waals surface area contributed by atoms with Gasteiger partial charge in [0.1, 0.15) is 5.82 Å². The molecule has 2 aromatic rings. The molecule has 4 heteroatoms. The molecule has 0 radical (unpaired) electrons. The van der Waals surface area contributed by atoms with Crippen LogP contribution in [-0.4, -0.2) is 23.1 Å². The molecule has 100 valence electrons. The zero-order valence-electron chi connectivity index (χ0n) is 11.7. The van der Waals surface area contributed by atoms with Gasteiger partial charge in [0.05, 0.1) is 22.5 Å². The van der Waals surface area contributed by atoms with E-state index in [0.717, 1.165) is 36.4 Å². The first-order valence-electron chi connectivity index (χ1n) is 6.57. The van der Waals surface area contributed by atoms with Crippen LogP contribution in [0.3, 0.4) is 0 Å². The molecule has 2 N–H and O–H groups in total. The lowest BCUT2D eigenvalue weighted by molar-refractivity contribution is 0.447. The lowest BCUT2D eigenvalue weighted by Crippen LogP contribution is -2.29. The monoisotopic (exact) mass is 256 g/mol. The summed E-state index contributed by atoms with van der Waals surface area (Å²) in [6.07, 6.45) is 0.954. The van der Waals surface area contributed by atoms with Gasteiger partial charge in [-0.2, -0.15) is 5.26 Å². The summed E-state index contributed by atoms with van der Waals surface area (Å²) in [4.78, 5) is 7.63. The first-order chi connectivity index (χ1) is 9.00. The standard InChI is InChI=1S/C15H20N4/c1-11-18-13-5-4-12(8-14(13)19-11)6-7-17-10-15(2,3)9-16/h4-5,8,17H,6-7,10H2,1-3H3,(H,18,19). The average Bonchev–Trinajstić information content (AvgIpc) is 2.74. The van der Waals surface area contributed by atoms with Crippen molar-refractivity contribution in [2.24, 2.45) is 5.41 Å². The fraction of sp³-hybridized carbons (Fsp3) is 0.467. The van der Waals surface area contributed by atoms with Crippen molar-refractivity contribution in [3.05, 3.63) is 29.6 Å². The Kier molecular flexibility index (Phi) is 3.87. The molecule has 0 aliphatic rings. The van der Waals surface area contributed by atoms with Crippen LogP contribution in [0.5, 0.6) is 0 Å². The first-order valence-corrected chi connectivity index (χ1v) is 6.57. The minimum absolute atomic E-state index is 0.301. The molecule has 0 aliphatic heterocycles. The van der Waals surface area contributed by atoms with Crippen LogP contribution in [0.1, 0.15) is 25.2 Å². The van der Waals surface area contributed by atoms with Gasteiger partial charge in [0.25, 0.3) is 0 Å². The Bertz CT molecular complexity index is 604. The summed E-state index contributed by atoms with van der Waals surface area (Å²) in [7, 11) is 0. The second-order valence-electron chi connectivity index (χ2n) is 5.60. The van der Waals surface area contributed by atoms with Crippen LogP contribution in [0.25, 0.3) is 11.0 Å². The highest BCUT2D eigenvalue weighted by Gasteiger charge is 2.15. The maximum absolute atomic E-state index is 8.93. The van der Waals surface area contributed by atoms with E-state index < -0.39 is 0 Å². The normalized spacial score (nSPS) is 11.7. The molecule has 0 unspecified atom stereocenters. The lowest BCUT2D eigenvalue weighted by Gasteiger charge is -2.15. The maximum Gasteiger partial charge on any atom is 0.104 e. The number of hydrogen-bond donors (Lipinski definition) is 2. The molecule has 1 aromatic heterocycles. The van der Waals surface area contributed by atoms with Gasteiger partial charge in [0.15, 0.2) is 0 Å². The average molecular weight is 256 g/mol. The fourth-order valence-corrected chi connectivity index (χ4v) is 2.01. The summed E-state index contributed by atoms with van der Waals surface area (Å²) < 4.78 is 0. The highest BCUT2D eigenvalue weighted by atomic mass is 14.9. The van der Waals surface area contributed by atoms with E-state index in [9.17, 15) is 0 Å². The first kappa shape index (κ1) is 13.6. The summed E-state index contributed by atoms with van der Waals surface area (Å²) >= 11 is 0. The number of hydrogen-bond acceptors (Lipinski definition) is 3. The molecule has 0 amide bonds. The topological polar surface area (TPSA) is 64.5 Å². The summed E-state index contributed by atoms with van der Waals surface area (Å²) in [5, 5.41) is 12.3. The molecule has 1 heterocycles. The predicted molar refractivity (Wildman–Crippen MR) is 76.8 cm³/mol. The number of benzene rings is 1. The van der Waals surface area contributed by atoms with Gasteiger partial charge < -0.3 is 10.3 Å². The third-order valence-electron chi connectivity index (χ3n) is 3.12. The molecule has 0 saturated carbocycles. The predicted octanol–water partition coefficient (Wildman–Crippen LogP) is 2.55. The number of H-pyrrole nitrogens is 1. The molecule has 1 aromatic carbocycles. The summed E-state index contributed by atoms with van der Waals surface area (Å²) in [5.41, 5.74) is 3.08. The lowest BCUT2D eigenvalue weighted by atomic mass is 9.96. The number of nitrogens with zero attached hydrogens (tertiary/aromatic N) is 2. The van der Waals surface area contributed by atoms with Crippen molar-refractivity contribution in [1.82, 2.24) is 15.3 Å². The quantitative estimate of drug-likeness (QED) is 0.808. The van der Waals surface area contributed by atoms with Gasteiger partial charge in [-0.3, -0.25) is 0 Å². The van der Waals surface area contributed by atoms with E-state index in [1.165, 1.54) is 5.56 Å². The van der Waals surface area contributed by atoms with E-state index in [-0.39, 0.29) is 5.41 Å². The molecule has 2 rings (SSSR count). The second kappa shape index (κ2) is 5.41. The molecule has 0 spiro atoms. The molecule has 4 nitrogen and oxygen atoms in total. The van der Waals surface area contributed by atoms with Crippen molar-refractivity contribution in [1.29, 1.82) is 5.26 Å². The van der Waals surface area contributed by atoms with E-state index in [2.05, 4.69) is 33.5 Å². The Hall–Kier alpha value is -1.86. The van der Waals surface area contributed by atoms with Gasteiger partial charge in [0.2, 0.25) is 0 Å². The number of nitrogens with one attached hydrogen (secondary N) is 2. The smallest absolute Gasteiger partial charge is 0.104 e. The van der Waals surface area contributed by atoms with Crippen LogP contribution in [0, 0.1) is 23.7 Å². The minimum Gasteiger partial charge on any atom is -0.342 e. The molecule has 0 atom stereocenters. The molecule has 0 saturated heterocycles. The molecule has 0 fully saturated rings. The number of imidazole rings is 1. The highest BCUT2D eigenvalue weighted by Crippen LogP contribution is 2.14. The SMILES string of the molecule is Cc1nc2ccc(CCNCC(C)(C)C#N)cc2[nH]1. The zero-order valence-corrected chi connectivity index (χ0v) is 11.7. The van der Waals surface area contributed by atoms with Gasteiger partial charge in [-0.05, 0) is 51.4 Å². The van der Waals surface area contributed by atoms with Crippen molar-refractivity contribution in [2.75, 3.05) is 13.1 Å².